The van der Waals surface area contributed by atoms with Gasteiger partial charge in [0.15, 0.2) is 0 Å². The van der Waals surface area contributed by atoms with Gasteiger partial charge >= 0.3 is 5.97 Å². The Morgan fingerprint density at radius 2 is 2.00 bits per heavy atom. The van der Waals surface area contributed by atoms with Gasteiger partial charge in [-0.2, -0.15) is 0 Å². The van der Waals surface area contributed by atoms with E-state index >= 15 is 0 Å². The molecule has 0 aromatic carbocycles. The smallest absolute Gasteiger partial charge is 0.320 e. The van der Waals surface area contributed by atoms with E-state index in [2.05, 4.69) is 0 Å². The molecule has 4 nitrogen and oxygen atoms in total. The monoisotopic (exact) mass is 210 g/mol. The summed E-state index contributed by atoms with van der Waals surface area (Å²) in [5.74, 6) is -0.753. The van der Waals surface area contributed by atoms with Crippen LogP contribution in [-0.4, -0.2) is 42.7 Å². The maximum atomic E-state index is 10.7. The fourth-order valence-electron chi connectivity index (χ4n) is 1.08. The van der Waals surface area contributed by atoms with E-state index < -0.39 is 5.97 Å². The van der Waals surface area contributed by atoms with Crippen LogP contribution in [0.25, 0.3) is 0 Å². The van der Waals surface area contributed by atoms with Gasteiger partial charge in [0, 0.05) is 0 Å². The second-order valence-corrected chi connectivity index (χ2v) is 3.10. The Kier molecular flexibility index (Phi) is 9.67. The van der Waals surface area contributed by atoms with Crippen molar-refractivity contribution in [3.63, 3.8) is 0 Å². The second kappa shape index (κ2) is 8.29. The van der Waals surface area contributed by atoms with Crippen molar-refractivity contribution >= 4 is 18.4 Å². The predicted molar refractivity (Wildman–Crippen MR) is 55.3 cm³/mol. The molecular weight excluding hydrogens is 192 g/mol. The first-order valence-corrected chi connectivity index (χ1v) is 4.19. The van der Waals surface area contributed by atoms with Gasteiger partial charge in [-0.3, -0.25) is 9.69 Å². The Hall–Kier alpha value is -0.320. The van der Waals surface area contributed by atoms with Gasteiger partial charge in [-0.05, 0) is 33.5 Å². The fraction of sp³-hybridized carbons (Fsp3) is 0.875. The Bertz CT molecular complexity index is 142. The zero-order valence-corrected chi connectivity index (χ0v) is 9.01. The highest BCUT2D eigenvalue weighted by Crippen LogP contribution is 2.05. The highest BCUT2D eigenvalue weighted by atomic mass is 35.5. The summed E-state index contributed by atoms with van der Waals surface area (Å²) in [7, 11) is 3.56. The van der Waals surface area contributed by atoms with Crippen LogP contribution in [0.1, 0.15) is 19.3 Å². The third-order valence-electron chi connectivity index (χ3n) is 1.84. The molecule has 0 aromatic rings. The van der Waals surface area contributed by atoms with Crippen LogP contribution in [0.3, 0.4) is 0 Å². The topological polar surface area (TPSA) is 66.6 Å². The molecular formula is C8H19ClN2O2. The predicted octanol–water partition coefficient (Wildman–Crippen LogP) is 0.552. The second-order valence-electron chi connectivity index (χ2n) is 3.10. The molecule has 0 aliphatic heterocycles. The van der Waals surface area contributed by atoms with Crippen molar-refractivity contribution in [1.82, 2.24) is 4.90 Å². The normalized spacial score (nSPS) is 12.3. The van der Waals surface area contributed by atoms with Gasteiger partial charge < -0.3 is 10.8 Å². The molecule has 5 heteroatoms. The van der Waals surface area contributed by atoms with E-state index in [1.165, 1.54) is 0 Å². The van der Waals surface area contributed by atoms with Gasteiger partial charge in [-0.25, -0.2) is 0 Å². The Balaban J connectivity index is 0. The first kappa shape index (κ1) is 15.2. The zero-order valence-electron chi connectivity index (χ0n) is 8.19. The summed E-state index contributed by atoms with van der Waals surface area (Å²) >= 11 is 0. The summed E-state index contributed by atoms with van der Waals surface area (Å²) in [5, 5.41) is 8.77. The van der Waals surface area contributed by atoms with Crippen LogP contribution in [0.5, 0.6) is 0 Å². The van der Waals surface area contributed by atoms with Gasteiger partial charge in [0.2, 0.25) is 0 Å². The average Bonchev–Trinajstić information content (AvgIpc) is 1.96. The number of carboxylic acid groups (broad SMARTS) is 1. The summed E-state index contributed by atoms with van der Waals surface area (Å²) in [4.78, 5) is 12.4. The van der Waals surface area contributed by atoms with Crippen LogP contribution >= 0.6 is 12.4 Å². The summed E-state index contributed by atoms with van der Waals surface area (Å²) < 4.78 is 0. The van der Waals surface area contributed by atoms with Crippen LogP contribution in [0.4, 0.5) is 0 Å². The number of unbranched alkanes of at least 4 members (excludes halogenated alkanes) is 1. The van der Waals surface area contributed by atoms with E-state index in [0.29, 0.717) is 13.0 Å². The number of hydrogen-bond donors (Lipinski definition) is 2. The Morgan fingerprint density at radius 1 is 1.46 bits per heavy atom. The Morgan fingerprint density at radius 3 is 2.31 bits per heavy atom. The molecule has 0 fully saturated rings. The van der Waals surface area contributed by atoms with Crippen LogP contribution in [-0.2, 0) is 4.79 Å². The van der Waals surface area contributed by atoms with Crippen molar-refractivity contribution in [2.75, 3.05) is 20.6 Å². The largest absolute Gasteiger partial charge is 0.480 e. The first-order valence-electron chi connectivity index (χ1n) is 4.19. The maximum absolute atomic E-state index is 10.7. The fourth-order valence-corrected chi connectivity index (χ4v) is 1.08. The molecule has 3 N–H and O–H groups in total. The molecule has 80 valence electrons. The molecule has 0 radical (unpaired) electrons. The number of rotatable bonds is 6. The van der Waals surface area contributed by atoms with E-state index in [1.54, 1.807) is 19.0 Å². The summed E-state index contributed by atoms with van der Waals surface area (Å²) in [6, 6.07) is -0.364. The van der Waals surface area contributed by atoms with Crippen molar-refractivity contribution in [3.05, 3.63) is 0 Å². The molecule has 0 amide bonds. The molecule has 0 bridgehead atoms. The number of hydrogen-bond acceptors (Lipinski definition) is 3. The van der Waals surface area contributed by atoms with Crippen molar-refractivity contribution in [1.29, 1.82) is 0 Å². The van der Waals surface area contributed by atoms with Crippen LogP contribution in [0, 0.1) is 0 Å². The number of aliphatic carboxylic acids is 1. The van der Waals surface area contributed by atoms with Gasteiger partial charge in [-0.1, -0.05) is 6.42 Å². The summed E-state index contributed by atoms with van der Waals surface area (Å²) in [6.07, 6.45) is 2.46. The molecule has 1 atom stereocenters. The lowest BCUT2D eigenvalue weighted by atomic mass is 10.1. The SMILES string of the molecule is CN(C)[C@H](CCCCN)C(=O)O.Cl. The molecule has 0 saturated carbocycles. The molecule has 0 saturated heterocycles. The number of nitrogens with two attached hydrogens (primary N) is 1. The quantitative estimate of drug-likeness (QED) is 0.629. The molecule has 0 aromatic heterocycles. The van der Waals surface area contributed by atoms with E-state index in [4.69, 9.17) is 10.8 Å². The Labute approximate surface area is 85.5 Å². The highest BCUT2D eigenvalue weighted by Gasteiger charge is 2.18. The van der Waals surface area contributed by atoms with Crippen LogP contribution in [0.15, 0.2) is 0 Å². The summed E-state index contributed by atoms with van der Waals surface area (Å²) in [6.45, 7) is 0.639. The highest BCUT2D eigenvalue weighted by molar-refractivity contribution is 5.85. The van der Waals surface area contributed by atoms with E-state index in [0.717, 1.165) is 12.8 Å². The van der Waals surface area contributed by atoms with Crippen molar-refractivity contribution in [2.45, 2.75) is 25.3 Å². The molecule has 0 aliphatic carbocycles. The molecule has 0 aliphatic rings. The number of carbonyl (C=O) groups is 1. The van der Waals surface area contributed by atoms with E-state index in [9.17, 15) is 4.79 Å². The van der Waals surface area contributed by atoms with Gasteiger partial charge in [0.25, 0.3) is 0 Å². The van der Waals surface area contributed by atoms with Crippen molar-refractivity contribution in [2.24, 2.45) is 5.73 Å². The molecule has 0 rings (SSSR count). The van der Waals surface area contributed by atoms with E-state index in [-0.39, 0.29) is 18.4 Å². The minimum Gasteiger partial charge on any atom is -0.480 e. The third-order valence-corrected chi connectivity index (χ3v) is 1.84. The molecule has 0 spiro atoms. The lowest BCUT2D eigenvalue weighted by molar-refractivity contribution is -0.142. The van der Waals surface area contributed by atoms with Gasteiger partial charge in [0.1, 0.15) is 6.04 Å². The first-order chi connectivity index (χ1) is 5.59. The minimum absolute atomic E-state index is 0. The number of nitrogens with zero attached hydrogens (tertiary/aromatic N) is 1. The third kappa shape index (κ3) is 6.81. The number of carboxylic acids is 1. The number of likely N-dealkylation sites (N-methyl/N-ethyl adjacent to an activating group) is 1. The minimum atomic E-state index is -0.753. The number of halogens is 1. The lowest BCUT2D eigenvalue weighted by Gasteiger charge is -2.19. The average molecular weight is 211 g/mol. The van der Waals surface area contributed by atoms with Gasteiger partial charge in [0.05, 0.1) is 0 Å². The summed E-state index contributed by atoms with van der Waals surface area (Å²) in [5.41, 5.74) is 5.31. The van der Waals surface area contributed by atoms with Gasteiger partial charge in [-0.15, -0.1) is 12.4 Å². The van der Waals surface area contributed by atoms with E-state index in [1.807, 2.05) is 0 Å². The zero-order chi connectivity index (χ0) is 9.56. The molecule has 0 heterocycles. The molecule has 0 unspecified atom stereocenters. The standard InChI is InChI=1S/C8H18N2O2.ClH/c1-10(2)7(8(11)12)5-3-4-6-9;/h7H,3-6,9H2,1-2H3,(H,11,12);1H/t7-;/m1./s1. The van der Waals surface area contributed by atoms with Crippen LogP contribution in [0.2, 0.25) is 0 Å². The lowest BCUT2D eigenvalue weighted by Crippen LogP contribution is -2.35. The molecule has 13 heavy (non-hydrogen) atoms. The van der Waals surface area contributed by atoms with Crippen LogP contribution < -0.4 is 5.73 Å². The van der Waals surface area contributed by atoms with Crippen molar-refractivity contribution < 1.29 is 9.90 Å². The maximum Gasteiger partial charge on any atom is 0.320 e. The van der Waals surface area contributed by atoms with Crippen molar-refractivity contribution in [3.8, 4) is 0 Å².